The summed E-state index contributed by atoms with van der Waals surface area (Å²) in [7, 11) is 0. The van der Waals surface area contributed by atoms with E-state index in [-0.39, 0.29) is 11.9 Å². The minimum atomic E-state index is -0.222. The molecule has 2 N–H and O–H groups in total. The molecule has 3 rings (SSSR count). The molecule has 7 heteroatoms. The molecule has 0 spiro atoms. The molecule has 1 atom stereocenters. The summed E-state index contributed by atoms with van der Waals surface area (Å²) in [5.41, 5.74) is 1.66. The lowest BCUT2D eigenvalue weighted by Crippen LogP contribution is -2.28. The summed E-state index contributed by atoms with van der Waals surface area (Å²) in [6, 6.07) is 9.77. The Bertz CT molecular complexity index is 807. The van der Waals surface area contributed by atoms with E-state index in [0.29, 0.717) is 24.4 Å². The number of carbonyl (C=O) groups is 1. The number of aromatic nitrogens is 5. The first-order valence-electron chi connectivity index (χ1n) is 7.92. The van der Waals surface area contributed by atoms with E-state index in [0.717, 1.165) is 11.4 Å². The van der Waals surface area contributed by atoms with Crippen molar-refractivity contribution in [2.24, 2.45) is 0 Å². The number of benzene rings is 1. The Hall–Kier alpha value is -2.96. The van der Waals surface area contributed by atoms with Crippen molar-refractivity contribution in [3.63, 3.8) is 0 Å². The molecule has 2 heterocycles. The van der Waals surface area contributed by atoms with Crippen LogP contribution in [0.3, 0.4) is 0 Å². The van der Waals surface area contributed by atoms with Gasteiger partial charge in [-0.2, -0.15) is 10.2 Å². The van der Waals surface area contributed by atoms with Gasteiger partial charge in [0.2, 0.25) is 0 Å². The molecule has 0 bridgehead atoms. The first kappa shape index (κ1) is 15.9. The van der Waals surface area contributed by atoms with Crippen LogP contribution in [0.1, 0.15) is 47.0 Å². The van der Waals surface area contributed by atoms with Crippen molar-refractivity contribution in [2.75, 3.05) is 0 Å². The Morgan fingerprint density at radius 3 is 2.79 bits per heavy atom. The number of amides is 1. The summed E-state index contributed by atoms with van der Waals surface area (Å²) >= 11 is 0. The third-order valence-electron chi connectivity index (χ3n) is 3.72. The van der Waals surface area contributed by atoms with Gasteiger partial charge in [0, 0.05) is 6.20 Å². The van der Waals surface area contributed by atoms with Crippen molar-refractivity contribution < 1.29 is 4.79 Å². The molecule has 7 nitrogen and oxygen atoms in total. The zero-order chi connectivity index (χ0) is 16.9. The van der Waals surface area contributed by atoms with Gasteiger partial charge in [-0.3, -0.25) is 14.6 Å². The molecular weight excluding hydrogens is 304 g/mol. The van der Waals surface area contributed by atoms with E-state index in [4.69, 9.17) is 0 Å². The van der Waals surface area contributed by atoms with Gasteiger partial charge in [-0.25, -0.2) is 4.98 Å². The normalized spacial score (nSPS) is 12.1. The molecule has 1 amide bonds. The first-order valence-corrected chi connectivity index (χ1v) is 7.92. The number of carbonyl (C=O) groups excluding carboxylic acids is 1. The van der Waals surface area contributed by atoms with Crippen molar-refractivity contribution in [3.8, 4) is 0 Å². The van der Waals surface area contributed by atoms with E-state index in [2.05, 4.69) is 25.6 Å². The van der Waals surface area contributed by atoms with E-state index in [1.807, 2.05) is 44.2 Å². The molecule has 2 aromatic heterocycles. The standard InChI is InChI=1S/C17H20N6O/c1-3-15(16-19-12(2)21-22-16)20-17(24)14-9-18-23(11-14)10-13-7-5-4-6-8-13/h4-9,11,15H,3,10H2,1-2H3,(H,20,24)(H,19,21,22). The molecule has 0 aliphatic heterocycles. The Morgan fingerprint density at radius 1 is 1.33 bits per heavy atom. The van der Waals surface area contributed by atoms with Gasteiger partial charge in [0.25, 0.3) is 5.91 Å². The van der Waals surface area contributed by atoms with Gasteiger partial charge in [0.05, 0.1) is 24.3 Å². The maximum absolute atomic E-state index is 12.4. The lowest BCUT2D eigenvalue weighted by Gasteiger charge is -2.12. The molecule has 0 radical (unpaired) electrons. The number of nitrogens with zero attached hydrogens (tertiary/aromatic N) is 4. The number of nitrogens with one attached hydrogen (secondary N) is 2. The Kier molecular flexibility index (Phi) is 4.69. The van der Waals surface area contributed by atoms with Crippen LogP contribution in [0.4, 0.5) is 0 Å². The molecular formula is C17H20N6O. The quantitative estimate of drug-likeness (QED) is 0.728. The summed E-state index contributed by atoms with van der Waals surface area (Å²) in [6.45, 7) is 4.44. The fraction of sp³-hybridized carbons (Fsp3) is 0.294. The van der Waals surface area contributed by atoms with Gasteiger partial charge in [-0.15, -0.1) is 0 Å². The van der Waals surface area contributed by atoms with E-state index in [1.54, 1.807) is 17.1 Å². The lowest BCUT2D eigenvalue weighted by molar-refractivity contribution is 0.0933. The van der Waals surface area contributed by atoms with Crippen molar-refractivity contribution in [2.45, 2.75) is 32.9 Å². The summed E-state index contributed by atoms with van der Waals surface area (Å²) in [5.74, 6) is 1.15. The van der Waals surface area contributed by atoms with Crippen LogP contribution in [0, 0.1) is 6.92 Å². The fourth-order valence-electron chi connectivity index (χ4n) is 2.44. The lowest BCUT2D eigenvalue weighted by atomic mass is 10.2. The predicted octanol–water partition coefficient (Wildman–Crippen LogP) is 2.24. The maximum atomic E-state index is 12.4. The number of aryl methyl sites for hydroxylation is 1. The van der Waals surface area contributed by atoms with E-state index >= 15 is 0 Å². The first-order chi connectivity index (χ1) is 11.7. The summed E-state index contributed by atoms with van der Waals surface area (Å²) < 4.78 is 1.75. The molecule has 0 saturated heterocycles. The second kappa shape index (κ2) is 7.08. The highest BCUT2D eigenvalue weighted by Crippen LogP contribution is 2.13. The molecule has 1 aromatic carbocycles. The minimum absolute atomic E-state index is 0.177. The number of hydrogen-bond donors (Lipinski definition) is 2. The smallest absolute Gasteiger partial charge is 0.255 e. The number of hydrogen-bond acceptors (Lipinski definition) is 4. The molecule has 0 aliphatic rings. The average molecular weight is 324 g/mol. The van der Waals surface area contributed by atoms with Crippen LogP contribution >= 0.6 is 0 Å². The minimum Gasteiger partial charge on any atom is -0.342 e. The highest BCUT2D eigenvalue weighted by atomic mass is 16.1. The zero-order valence-corrected chi connectivity index (χ0v) is 13.7. The van der Waals surface area contributed by atoms with Crippen LogP contribution in [0.2, 0.25) is 0 Å². The predicted molar refractivity (Wildman–Crippen MR) is 89.4 cm³/mol. The summed E-state index contributed by atoms with van der Waals surface area (Å²) in [4.78, 5) is 16.7. The van der Waals surface area contributed by atoms with Gasteiger partial charge >= 0.3 is 0 Å². The van der Waals surface area contributed by atoms with E-state index < -0.39 is 0 Å². The highest BCUT2D eigenvalue weighted by Gasteiger charge is 2.18. The van der Waals surface area contributed by atoms with Crippen molar-refractivity contribution in [1.82, 2.24) is 30.3 Å². The fourth-order valence-corrected chi connectivity index (χ4v) is 2.44. The molecule has 0 fully saturated rings. The van der Waals surface area contributed by atoms with Crippen LogP contribution in [0.5, 0.6) is 0 Å². The third-order valence-corrected chi connectivity index (χ3v) is 3.72. The second-order valence-corrected chi connectivity index (χ2v) is 5.63. The number of H-pyrrole nitrogens is 1. The van der Waals surface area contributed by atoms with Gasteiger partial charge < -0.3 is 5.32 Å². The van der Waals surface area contributed by atoms with Crippen LogP contribution < -0.4 is 5.32 Å². The molecule has 24 heavy (non-hydrogen) atoms. The van der Waals surface area contributed by atoms with Crippen LogP contribution in [0.25, 0.3) is 0 Å². The molecule has 124 valence electrons. The average Bonchev–Trinajstić information content (AvgIpc) is 3.22. The topological polar surface area (TPSA) is 88.5 Å². The third kappa shape index (κ3) is 3.68. The maximum Gasteiger partial charge on any atom is 0.255 e. The monoisotopic (exact) mass is 324 g/mol. The van der Waals surface area contributed by atoms with Gasteiger partial charge in [-0.1, -0.05) is 37.3 Å². The Balaban J connectivity index is 1.67. The molecule has 1 unspecified atom stereocenters. The van der Waals surface area contributed by atoms with Crippen molar-refractivity contribution in [3.05, 3.63) is 65.5 Å². The van der Waals surface area contributed by atoms with Crippen LogP contribution in [-0.4, -0.2) is 30.9 Å². The molecule has 0 aliphatic carbocycles. The van der Waals surface area contributed by atoms with Gasteiger partial charge in [-0.05, 0) is 18.9 Å². The highest BCUT2D eigenvalue weighted by molar-refractivity contribution is 5.93. The zero-order valence-electron chi connectivity index (χ0n) is 13.7. The summed E-state index contributed by atoms with van der Waals surface area (Å²) in [5, 5.41) is 14.1. The summed E-state index contributed by atoms with van der Waals surface area (Å²) in [6.07, 6.45) is 4.04. The van der Waals surface area contributed by atoms with E-state index in [9.17, 15) is 4.79 Å². The van der Waals surface area contributed by atoms with Crippen molar-refractivity contribution in [1.29, 1.82) is 0 Å². The molecule has 3 aromatic rings. The van der Waals surface area contributed by atoms with Gasteiger partial charge in [0.1, 0.15) is 5.82 Å². The van der Waals surface area contributed by atoms with Gasteiger partial charge in [0.15, 0.2) is 5.82 Å². The second-order valence-electron chi connectivity index (χ2n) is 5.63. The number of rotatable bonds is 6. The largest absolute Gasteiger partial charge is 0.342 e. The number of aromatic amines is 1. The Morgan fingerprint density at radius 2 is 2.12 bits per heavy atom. The van der Waals surface area contributed by atoms with E-state index in [1.165, 1.54) is 0 Å². The van der Waals surface area contributed by atoms with Crippen molar-refractivity contribution >= 4 is 5.91 Å². The van der Waals surface area contributed by atoms with Crippen LogP contribution in [-0.2, 0) is 6.54 Å². The Labute approximate surface area is 140 Å². The van der Waals surface area contributed by atoms with Crippen LogP contribution in [0.15, 0.2) is 42.7 Å². The molecule has 0 saturated carbocycles. The SMILES string of the molecule is CCC(NC(=O)c1cnn(Cc2ccccc2)c1)c1n[nH]c(C)n1.